The van der Waals surface area contributed by atoms with Gasteiger partial charge in [0.05, 0.1) is 0 Å². The molecule has 0 unspecified atom stereocenters. The van der Waals surface area contributed by atoms with Gasteiger partial charge in [0.1, 0.15) is 0 Å². The molecule has 11 heavy (non-hydrogen) atoms. The van der Waals surface area contributed by atoms with Crippen LogP contribution in [0.25, 0.3) is 0 Å². The fourth-order valence-electron chi connectivity index (χ4n) is 0.847. The van der Waals surface area contributed by atoms with Gasteiger partial charge in [0.15, 0.2) is 11.1 Å². The lowest BCUT2D eigenvalue weighted by Gasteiger charge is -2.20. The quantitative estimate of drug-likeness (QED) is 0.544. The zero-order valence-corrected chi connectivity index (χ0v) is 7.06. The Hall–Kier alpha value is -0.420. The summed E-state index contributed by atoms with van der Waals surface area (Å²) in [5.74, 6) is 0.145. The van der Waals surface area contributed by atoms with E-state index in [0.29, 0.717) is 12.2 Å². The Morgan fingerprint density at radius 1 is 1.73 bits per heavy atom. The minimum absolute atomic E-state index is 0.395. The third-order valence-electron chi connectivity index (χ3n) is 1.26. The van der Waals surface area contributed by atoms with Crippen molar-refractivity contribution in [3.05, 3.63) is 0 Å². The molecule has 0 aromatic carbocycles. The molecule has 1 aliphatic heterocycles. The van der Waals surface area contributed by atoms with Crippen molar-refractivity contribution < 1.29 is 17.9 Å². The van der Waals surface area contributed by atoms with E-state index in [1.807, 2.05) is 0 Å². The van der Waals surface area contributed by atoms with Crippen LogP contribution < -0.4 is 0 Å². The molecule has 0 amide bonds. The molecule has 0 saturated carbocycles. The van der Waals surface area contributed by atoms with E-state index in [2.05, 4.69) is 0 Å². The smallest absolute Gasteiger partial charge is 0.304 e. The van der Waals surface area contributed by atoms with Gasteiger partial charge in [0.25, 0.3) is 0 Å². The SMILES string of the molecule is CC(=O)O[C@H]1CCC[S@@](=O)O1. The van der Waals surface area contributed by atoms with Crippen LogP contribution in [0.1, 0.15) is 19.8 Å². The Labute approximate surface area is 67.5 Å². The van der Waals surface area contributed by atoms with Gasteiger partial charge in [-0.2, -0.15) is 0 Å². The van der Waals surface area contributed by atoms with Gasteiger partial charge in [-0.15, -0.1) is 0 Å². The lowest BCUT2D eigenvalue weighted by atomic mass is 10.3. The molecule has 0 bridgehead atoms. The number of hydrogen-bond donors (Lipinski definition) is 0. The summed E-state index contributed by atoms with van der Waals surface area (Å²) in [6.07, 6.45) is 0.831. The fraction of sp³-hybridized carbons (Fsp3) is 0.833. The standard InChI is InChI=1S/C6H10O4S/c1-5(7)9-6-3-2-4-11(8)10-6/h6H,2-4H2,1H3/t6-,11+/m1/s1. The van der Waals surface area contributed by atoms with E-state index in [-0.39, 0.29) is 0 Å². The highest BCUT2D eigenvalue weighted by Gasteiger charge is 2.21. The first-order chi connectivity index (χ1) is 5.18. The van der Waals surface area contributed by atoms with Crippen LogP contribution in [0.15, 0.2) is 0 Å². The molecule has 0 aliphatic carbocycles. The number of ether oxygens (including phenoxy) is 1. The van der Waals surface area contributed by atoms with E-state index in [0.717, 1.165) is 6.42 Å². The van der Waals surface area contributed by atoms with Crippen LogP contribution >= 0.6 is 0 Å². The van der Waals surface area contributed by atoms with Gasteiger partial charge >= 0.3 is 5.97 Å². The number of hydrogen-bond acceptors (Lipinski definition) is 4. The van der Waals surface area contributed by atoms with Crippen molar-refractivity contribution in [2.24, 2.45) is 0 Å². The van der Waals surface area contributed by atoms with Gasteiger partial charge in [-0.1, -0.05) is 0 Å². The summed E-state index contributed by atoms with van der Waals surface area (Å²) in [4.78, 5) is 10.4. The average Bonchev–Trinajstić information content (AvgIpc) is 1.85. The van der Waals surface area contributed by atoms with Gasteiger partial charge < -0.3 is 4.74 Å². The largest absolute Gasteiger partial charge is 0.435 e. The summed E-state index contributed by atoms with van der Waals surface area (Å²) >= 11 is -1.26. The van der Waals surface area contributed by atoms with Crippen molar-refractivity contribution in [1.29, 1.82) is 0 Å². The molecule has 1 saturated heterocycles. The van der Waals surface area contributed by atoms with Crippen LogP contribution in [-0.2, 0) is 24.8 Å². The first kappa shape index (κ1) is 8.67. The van der Waals surface area contributed by atoms with Crippen LogP contribution in [-0.4, -0.2) is 22.2 Å². The summed E-state index contributed by atoms with van der Waals surface area (Å²) in [6.45, 7) is 1.31. The second-order valence-corrected chi connectivity index (χ2v) is 3.49. The molecule has 0 spiro atoms. The molecular formula is C6H10O4S. The van der Waals surface area contributed by atoms with Crippen molar-refractivity contribution in [2.45, 2.75) is 26.1 Å². The van der Waals surface area contributed by atoms with Crippen LogP contribution in [0.4, 0.5) is 0 Å². The second-order valence-electron chi connectivity index (χ2n) is 2.29. The fourth-order valence-corrected chi connectivity index (χ4v) is 1.72. The number of esters is 1. The predicted molar refractivity (Wildman–Crippen MR) is 38.9 cm³/mol. The summed E-state index contributed by atoms with van der Waals surface area (Å²) in [5, 5.41) is 0. The van der Waals surface area contributed by atoms with Crippen LogP contribution in [0.2, 0.25) is 0 Å². The van der Waals surface area contributed by atoms with E-state index in [1.165, 1.54) is 6.92 Å². The summed E-state index contributed by atoms with van der Waals surface area (Å²) < 4.78 is 20.3. The van der Waals surface area contributed by atoms with E-state index >= 15 is 0 Å². The van der Waals surface area contributed by atoms with Crippen molar-refractivity contribution >= 4 is 17.0 Å². The van der Waals surface area contributed by atoms with E-state index in [4.69, 9.17) is 8.92 Å². The van der Waals surface area contributed by atoms with E-state index in [9.17, 15) is 9.00 Å². The molecule has 1 rings (SSSR count). The van der Waals surface area contributed by atoms with Gasteiger partial charge in [-0.3, -0.25) is 4.79 Å². The summed E-state index contributed by atoms with van der Waals surface area (Å²) in [5.41, 5.74) is 0. The highest BCUT2D eigenvalue weighted by atomic mass is 32.2. The molecule has 4 nitrogen and oxygen atoms in total. The lowest BCUT2D eigenvalue weighted by Crippen LogP contribution is -2.26. The third kappa shape index (κ3) is 2.98. The minimum Gasteiger partial charge on any atom is -0.435 e. The first-order valence-electron chi connectivity index (χ1n) is 3.41. The zero-order valence-electron chi connectivity index (χ0n) is 6.24. The maximum absolute atomic E-state index is 10.8. The Bertz CT molecular complexity index is 177. The highest BCUT2D eigenvalue weighted by Crippen LogP contribution is 2.13. The van der Waals surface area contributed by atoms with Gasteiger partial charge in [-0.05, 0) is 6.42 Å². The molecule has 0 aromatic heterocycles. The van der Waals surface area contributed by atoms with Crippen molar-refractivity contribution in [3.8, 4) is 0 Å². The van der Waals surface area contributed by atoms with Crippen molar-refractivity contribution in [1.82, 2.24) is 0 Å². The van der Waals surface area contributed by atoms with Gasteiger partial charge in [0, 0.05) is 19.1 Å². The molecule has 0 aromatic rings. The average molecular weight is 178 g/mol. The van der Waals surface area contributed by atoms with Crippen LogP contribution in [0.5, 0.6) is 0 Å². The normalized spacial score (nSPS) is 31.4. The maximum Gasteiger partial charge on any atom is 0.304 e. The van der Waals surface area contributed by atoms with E-state index < -0.39 is 23.3 Å². The van der Waals surface area contributed by atoms with Gasteiger partial charge in [-0.25, -0.2) is 8.39 Å². The summed E-state index contributed by atoms with van der Waals surface area (Å²) in [7, 11) is 0. The summed E-state index contributed by atoms with van der Waals surface area (Å²) in [6, 6.07) is 0. The monoisotopic (exact) mass is 178 g/mol. The second kappa shape index (κ2) is 3.82. The predicted octanol–water partition coefficient (Wildman–Crippen LogP) is 0.350. The Kier molecular flexibility index (Phi) is 3.02. The molecular weight excluding hydrogens is 168 g/mol. The number of carbonyl (C=O) groups is 1. The Balaban J connectivity index is 2.34. The number of carbonyl (C=O) groups excluding carboxylic acids is 1. The maximum atomic E-state index is 10.8. The minimum atomic E-state index is -1.26. The molecule has 2 atom stereocenters. The Morgan fingerprint density at radius 3 is 3.00 bits per heavy atom. The van der Waals surface area contributed by atoms with Crippen molar-refractivity contribution in [3.63, 3.8) is 0 Å². The molecule has 0 radical (unpaired) electrons. The molecule has 64 valence electrons. The number of rotatable bonds is 1. The molecule has 1 aliphatic rings. The van der Waals surface area contributed by atoms with E-state index in [1.54, 1.807) is 0 Å². The molecule has 1 heterocycles. The topological polar surface area (TPSA) is 52.6 Å². The molecule has 1 fully saturated rings. The molecule has 5 heteroatoms. The van der Waals surface area contributed by atoms with Crippen LogP contribution in [0.3, 0.4) is 0 Å². The zero-order chi connectivity index (χ0) is 8.27. The lowest BCUT2D eigenvalue weighted by molar-refractivity contribution is -0.161. The Morgan fingerprint density at radius 2 is 2.45 bits per heavy atom. The third-order valence-corrected chi connectivity index (χ3v) is 2.31. The highest BCUT2D eigenvalue weighted by molar-refractivity contribution is 7.80. The van der Waals surface area contributed by atoms with Gasteiger partial charge in [0.2, 0.25) is 6.29 Å². The van der Waals surface area contributed by atoms with Crippen molar-refractivity contribution in [2.75, 3.05) is 5.75 Å². The molecule has 0 N–H and O–H groups in total. The first-order valence-corrected chi connectivity index (χ1v) is 4.65. The van der Waals surface area contributed by atoms with Crippen LogP contribution in [0, 0.1) is 0 Å².